The van der Waals surface area contributed by atoms with E-state index in [1.807, 2.05) is 0 Å². The maximum absolute atomic E-state index is 5.60. The molecule has 0 aromatic heterocycles. The standard InChI is InChI=1S/C21H36N4O.HI/c1-5-22-21(25-13-12-20(16-25)17-26-6-2)23-14-18(3)24(4)15-19-10-8-7-9-11-19;/h7-11,18,20H,5-6,12-17H2,1-4H3,(H,22,23);1H. The van der Waals surface area contributed by atoms with Gasteiger partial charge in [0.15, 0.2) is 5.96 Å². The second-order valence-corrected chi connectivity index (χ2v) is 7.20. The first-order chi connectivity index (χ1) is 12.6. The van der Waals surface area contributed by atoms with E-state index in [4.69, 9.17) is 9.73 Å². The lowest BCUT2D eigenvalue weighted by atomic mass is 10.1. The van der Waals surface area contributed by atoms with Crippen LogP contribution in [-0.4, -0.2) is 68.2 Å². The van der Waals surface area contributed by atoms with Crippen molar-refractivity contribution in [2.75, 3.05) is 46.4 Å². The highest BCUT2D eigenvalue weighted by atomic mass is 127. The van der Waals surface area contributed by atoms with Crippen molar-refractivity contribution >= 4 is 29.9 Å². The molecule has 1 aliphatic heterocycles. The van der Waals surface area contributed by atoms with E-state index in [9.17, 15) is 0 Å². The van der Waals surface area contributed by atoms with Gasteiger partial charge in [0.05, 0.1) is 13.2 Å². The quantitative estimate of drug-likeness (QED) is 0.329. The number of aliphatic imine (C=N–C) groups is 1. The van der Waals surface area contributed by atoms with Crippen LogP contribution in [0.2, 0.25) is 0 Å². The fourth-order valence-corrected chi connectivity index (χ4v) is 3.26. The van der Waals surface area contributed by atoms with Crippen LogP contribution in [0.3, 0.4) is 0 Å². The third-order valence-corrected chi connectivity index (χ3v) is 5.01. The summed E-state index contributed by atoms with van der Waals surface area (Å²) in [7, 11) is 2.17. The molecule has 1 aliphatic rings. The van der Waals surface area contributed by atoms with Gasteiger partial charge in [-0.25, -0.2) is 0 Å². The summed E-state index contributed by atoms with van der Waals surface area (Å²) in [6, 6.07) is 11.0. The fraction of sp³-hybridized carbons (Fsp3) is 0.667. The molecular formula is C21H37IN4O. The molecule has 2 atom stereocenters. The van der Waals surface area contributed by atoms with E-state index in [-0.39, 0.29) is 24.0 Å². The van der Waals surface area contributed by atoms with Gasteiger partial charge in [-0.2, -0.15) is 0 Å². The van der Waals surface area contributed by atoms with Crippen molar-refractivity contribution < 1.29 is 4.74 Å². The number of hydrogen-bond donors (Lipinski definition) is 1. The predicted octanol–water partition coefficient (Wildman–Crippen LogP) is 3.45. The predicted molar refractivity (Wildman–Crippen MR) is 125 cm³/mol. The molecular weight excluding hydrogens is 451 g/mol. The molecule has 0 aliphatic carbocycles. The zero-order chi connectivity index (χ0) is 18.8. The highest BCUT2D eigenvalue weighted by molar-refractivity contribution is 14.0. The summed E-state index contributed by atoms with van der Waals surface area (Å²) in [4.78, 5) is 9.67. The molecule has 0 radical (unpaired) electrons. The van der Waals surface area contributed by atoms with Gasteiger partial charge in [-0.3, -0.25) is 9.89 Å². The molecule has 1 aromatic carbocycles. The largest absolute Gasteiger partial charge is 0.381 e. The van der Waals surface area contributed by atoms with Gasteiger partial charge in [-0.05, 0) is 39.8 Å². The summed E-state index contributed by atoms with van der Waals surface area (Å²) in [5, 5.41) is 3.46. The smallest absolute Gasteiger partial charge is 0.193 e. The van der Waals surface area contributed by atoms with Crippen LogP contribution in [0.1, 0.15) is 32.8 Å². The monoisotopic (exact) mass is 488 g/mol. The molecule has 0 bridgehead atoms. The lowest BCUT2D eigenvalue weighted by Gasteiger charge is -2.26. The summed E-state index contributed by atoms with van der Waals surface area (Å²) >= 11 is 0. The van der Waals surface area contributed by atoms with Crippen molar-refractivity contribution in [1.82, 2.24) is 15.1 Å². The molecule has 1 aromatic rings. The first kappa shape index (κ1) is 24.2. The summed E-state index contributed by atoms with van der Waals surface area (Å²) in [6.07, 6.45) is 1.19. The topological polar surface area (TPSA) is 40.1 Å². The number of nitrogens with zero attached hydrogens (tertiary/aromatic N) is 3. The van der Waals surface area contributed by atoms with Gasteiger partial charge in [-0.15, -0.1) is 24.0 Å². The van der Waals surface area contributed by atoms with E-state index < -0.39 is 0 Å². The Labute approximate surface area is 182 Å². The lowest BCUT2D eigenvalue weighted by molar-refractivity contribution is 0.114. The Morgan fingerprint density at radius 3 is 2.74 bits per heavy atom. The zero-order valence-electron chi connectivity index (χ0n) is 17.4. The van der Waals surface area contributed by atoms with E-state index in [0.717, 1.165) is 51.9 Å². The Hall–Kier alpha value is -0.860. The molecule has 2 rings (SSSR count). The molecule has 0 saturated carbocycles. The van der Waals surface area contributed by atoms with E-state index in [1.165, 1.54) is 12.0 Å². The minimum Gasteiger partial charge on any atom is -0.381 e. The number of guanidine groups is 1. The van der Waals surface area contributed by atoms with Crippen molar-refractivity contribution in [1.29, 1.82) is 0 Å². The highest BCUT2D eigenvalue weighted by Crippen LogP contribution is 2.17. The van der Waals surface area contributed by atoms with E-state index in [0.29, 0.717) is 12.0 Å². The van der Waals surface area contributed by atoms with Crippen LogP contribution in [0.15, 0.2) is 35.3 Å². The third-order valence-electron chi connectivity index (χ3n) is 5.01. The van der Waals surface area contributed by atoms with Crippen LogP contribution in [0.5, 0.6) is 0 Å². The molecule has 1 N–H and O–H groups in total. The van der Waals surface area contributed by atoms with Gasteiger partial charge in [0.1, 0.15) is 0 Å². The summed E-state index contributed by atoms with van der Waals surface area (Å²) < 4.78 is 5.60. The molecule has 154 valence electrons. The average molecular weight is 488 g/mol. The second kappa shape index (κ2) is 13.3. The van der Waals surface area contributed by atoms with Crippen molar-refractivity contribution in [3.05, 3.63) is 35.9 Å². The molecule has 0 amide bonds. The molecule has 5 nitrogen and oxygen atoms in total. The molecule has 1 fully saturated rings. The normalized spacial score (nSPS) is 18.5. The molecule has 1 saturated heterocycles. The summed E-state index contributed by atoms with van der Waals surface area (Å²) in [5.74, 6) is 1.67. The Morgan fingerprint density at radius 1 is 1.33 bits per heavy atom. The number of likely N-dealkylation sites (tertiary alicyclic amines) is 1. The van der Waals surface area contributed by atoms with Gasteiger partial charge in [0.2, 0.25) is 0 Å². The molecule has 0 spiro atoms. The number of benzene rings is 1. The number of hydrogen-bond acceptors (Lipinski definition) is 3. The number of halogens is 1. The van der Waals surface area contributed by atoms with Gasteiger partial charge in [0, 0.05) is 44.7 Å². The number of ether oxygens (including phenoxy) is 1. The first-order valence-corrected chi connectivity index (χ1v) is 9.99. The highest BCUT2D eigenvalue weighted by Gasteiger charge is 2.25. The fourth-order valence-electron chi connectivity index (χ4n) is 3.26. The average Bonchev–Trinajstić information content (AvgIpc) is 3.12. The lowest BCUT2D eigenvalue weighted by Crippen LogP contribution is -2.41. The minimum absolute atomic E-state index is 0. The van der Waals surface area contributed by atoms with Crippen LogP contribution in [0.4, 0.5) is 0 Å². The zero-order valence-corrected chi connectivity index (χ0v) is 19.7. The molecule has 6 heteroatoms. The van der Waals surface area contributed by atoms with Crippen LogP contribution in [0.25, 0.3) is 0 Å². The van der Waals surface area contributed by atoms with Crippen LogP contribution in [-0.2, 0) is 11.3 Å². The second-order valence-electron chi connectivity index (χ2n) is 7.20. The maximum Gasteiger partial charge on any atom is 0.193 e. The van der Waals surface area contributed by atoms with Crippen molar-refractivity contribution in [3.8, 4) is 0 Å². The van der Waals surface area contributed by atoms with E-state index >= 15 is 0 Å². The first-order valence-electron chi connectivity index (χ1n) is 9.99. The van der Waals surface area contributed by atoms with Gasteiger partial charge in [-0.1, -0.05) is 30.3 Å². The van der Waals surface area contributed by atoms with Gasteiger partial charge < -0.3 is 15.0 Å². The van der Waals surface area contributed by atoms with Crippen molar-refractivity contribution in [2.45, 2.75) is 39.8 Å². The molecule has 27 heavy (non-hydrogen) atoms. The summed E-state index contributed by atoms with van der Waals surface area (Å²) in [5.41, 5.74) is 1.34. The maximum atomic E-state index is 5.60. The van der Waals surface area contributed by atoms with Crippen molar-refractivity contribution in [3.63, 3.8) is 0 Å². The Balaban J connectivity index is 0.00000364. The van der Waals surface area contributed by atoms with Crippen molar-refractivity contribution in [2.24, 2.45) is 10.9 Å². The van der Waals surface area contributed by atoms with Crippen LogP contribution < -0.4 is 5.32 Å². The van der Waals surface area contributed by atoms with Crippen LogP contribution >= 0.6 is 24.0 Å². The minimum atomic E-state index is 0. The SMILES string of the molecule is CCNC(=NCC(C)N(C)Cc1ccccc1)N1CCC(COCC)C1.I. The Kier molecular flexibility index (Phi) is 11.9. The molecule has 2 unspecified atom stereocenters. The third kappa shape index (κ3) is 8.35. The van der Waals surface area contributed by atoms with E-state index in [1.54, 1.807) is 0 Å². The number of likely N-dealkylation sites (N-methyl/N-ethyl adjacent to an activating group) is 1. The van der Waals surface area contributed by atoms with Gasteiger partial charge >= 0.3 is 0 Å². The molecule has 1 heterocycles. The Bertz CT molecular complexity index is 540. The number of nitrogens with one attached hydrogen (secondary N) is 1. The van der Waals surface area contributed by atoms with Gasteiger partial charge in [0.25, 0.3) is 0 Å². The van der Waals surface area contributed by atoms with Crippen LogP contribution in [0, 0.1) is 5.92 Å². The summed E-state index contributed by atoms with van der Waals surface area (Å²) in [6.45, 7) is 12.9. The number of rotatable bonds is 9. The Morgan fingerprint density at radius 2 is 2.07 bits per heavy atom. The van der Waals surface area contributed by atoms with E-state index in [2.05, 4.69) is 73.3 Å².